The van der Waals surface area contributed by atoms with E-state index >= 15 is 0 Å². The number of piperidine rings is 1. The van der Waals surface area contributed by atoms with Crippen molar-refractivity contribution >= 4 is 27.5 Å². The molecule has 0 radical (unpaired) electrons. The Hall–Kier alpha value is -1.46. The third-order valence-corrected chi connectivity index (χ3v) is 5.22. The number of fused-ring (bicyclic) bond motifs is 3. The third kappa shape index (κ3) is 2.21. The summed E-state index contributed by atoms with van der Waals surface area (Å²) in [7, 11) is 0. The lowest BCUT2D eigenvalue weighted by atomic mass is 9.96. The molecule has 2 aliphatic heterocycles. The highest BCUT2D eigenvalue weighted by Crippen LogP contribution is 2.27. The van der Waals surface area contributed by atoms with Crippen LogP contribution in [0.2, 0.25) is 0 Å². The van der Waals surface area contributed by atoms with E-state index in [4.69, 9.17) is 0 Å². The number of carbonyl (C=O) groups is 1. The van der Waals surface area contributed by atoms with E-state index in [0.29, 0.717) is 11.6 Å². The molecule has 2 aromatic heterocycles. The molecule has 0 aliphatic carbocycles. The second-order valence-electron chi connectivity index (χ2n) is 5.85. The van der Waals surface area contributed by atoms with Gasteiger partial charge in [0.15, 0.2) is 0 Å². The summed E-state index contributed by atoms with van der Waals surface area (Å²) < 4.78 is 1.07. The highest BCUT2D eigenvalue weighted by atomic mass is 32.1. The van der Waals surface area contributed by atoms with Crippen molar-refractivity contribution in [2.75, 3.05) is 19.6 Å². The lowest BCUT2D eigenvalue weighted by Gasteiger charge is -2.30. The standard InChI is InChI=1S/C15H17N3OS/c19-15(11-6-14-13(16-7-11)2-4-20-14)17-12-5-10-1-3-18(8-10)9-12/h2,4,6-7,10,12H,1,3,5,8-9H2,(H,17,19)/t10-,12-/m1/s1. The van der Waals surface area contributed by atoms with Crippen molar-refractivity contribution in [1.82, 2.24) is 15.2 Å². The van der Waals surface area contributed by atoms with Crippen molar-refractivity contribution in [3.8, 4) is 0 Å². The molecule has 0 saturated carbocycles. The van der Waals surface area contributed by atoms with Crippen molar-refractivity contribution in [2.45, 2.75) is 18.9 Å². The average molecular weight is 287 g/mol. The van der Waals surface area contributed by atoms with E-state index in [1.807, 2.05) is 17.5 Å². The Kier molecular flexibility index (Phi) is 2.97. The first-order valence-corrected chi connectivity index (χ1v) is 8.02. The van der Waals surface area contributed by atoms with Gasteiger partial charge in [0.2, 0.25) is 0 Å². The Morgan fingerprint density at radius 1 is 1.45 bits per heavy atom. The van der Waals surface area contributed by atoms with E-state index in [1.165, 1.54) is 19.5 Å². The molecular formula is C15H17N3OS. The van der Waals surface area contributed by atoms with Gasteiger partial charge in [0, 0.05) is 25.3 Å². The zero-order valence-electron chi connectivity index (χ0n) is 11.2. The van der Waals surface area contributed by atoms with Gasteiger partial charge in [-0.1, -0.05) is 0 Å². The predicted molar refractivity (Wildman–Crippen MR) is 80.0 cm³/mol. The van der Waals surface area contributed by atoms with Gasteiger partial charge in [-0.2, -0.15) is 0 Å². The van der Waals surface area contributed by atoms with Crippen molar-refractivity contribution in [2.24, 2.45) is 5.92 Å². The molecule has 1 N–H and O–H groups in total. The maximum absolute atomic E-state index is 12.3. The second kappa shape index (κ2) is 4.82. The summed E-state index contributed by atoms with van der Waals surface area (Å²) in [5.74, 6) is 0.784. The van der Waals surface area contributed by atoms with E-state index in [2.05, 4.69) is 15.2 Å². The van der Waals surface area contributed by atoms with Crippen molar-refractivity contribution in [3.05, 3.63) is 29.3 Å². The van der Waals surface area contributed by atoms with Crippen LogP contribution < -0.4 is 5.32 Å². The normalized spacial score (nSPS) is 28.7. The molecule has 104 valence electrons. The second-order valence-corrected chi connectivity index (χ2v) is 6.80. The fourth-order valence-corrected chi connectivity index (χ4v) is 4.18. The molecule has 3 atom stereocenters. The topological polar surface area (TPSA) is 45.2 Å². The maximum Gasteiger partial charge on any atom is 0.253 e. The van der Waals surface area contributed by atoms with E-state index in [9.17, 15) is 4.79 Å². The number of hydrogen-bond acceptors (Lipinski definition) is 4. The van der Waals surface area contributed by atoms with Crippen LogP contribution in [-0.4, -0.2) is 41.5 Å². The molecule has 4 heterocycles. The number of nitrogens with zero attached hydrogens (tertiary/aromatic N) is 2. The summed E-state index contributed by atoms with van der Waals surface area (Å²) in [5, 5.41) is 5.18. The van der Waals surface area contributed by atoms with Crippen molar-refractivity contribution in [3.63, 3.8) is 0 Å². The Morgan fingerprint density at radius 2 is 2.40 bits per heavy atom. The van der Waals surface area contributed by atoms with Crippen LogP contribution in [-0.2, 0) is 0 Å². The average Bonchev–Trinajstić information content (AvgIpc) is 3.04. The molecule has 4 rings (SSSR count). The number of pyridine rings is 1. The Balaban J connectivity index is 1.49. The van der Waals surface area contributed by atoms with Crippen LogP contribution in [0.25, 0.3) is 10.2 Å². The summed E-state index contributed by atoms with van der Waals surface area (Å²) in [4.78, 5) is 19.1. The van der Waals surface area contributed by atoms with Crippen LogP contribution in [0.5, 0.6) is 0 Å². The molecule has 2 bridgehead atoms. The quantitative estimate of drug-likeness (QED) is 0.920. The van der Waals surface area contributed by atoms with Gasteiger partial charge in [-0.05, 0) is 42.8 Å². The third-order valence-electron chi connectivity index (χ3n) is 4.37. The smallest absolute Gasteiger partial charge is 0.253 e. The maximum atomic E-state index is 12.3. The first kappa shape index (κ1) is 12.3. The van der Waals surface area contributed by atoms with Crippen LogP contribution in [0.15, 0.2) is 23.7 Å². The molecule has 20 heavy (non-hydrogen) atoms. The molecule has 1 unspecified atom stereocenters. The predicted octanol–water partition coefficient (Wildman–Crippen LogP) is 2.12. The van der Waals surface area contributed by atoms with Gasteiger partial charge in [0.1, 0.15) is 0 Å². The molecule has 5 heteroatoms. The number of rotatable bonds is 2. The molecule has 1 amide bonds. The summed E-state index contributed by atoms with van der Waals surface area (Å²) in [6.07, 6.45) is 4.09. The van der Waals surface area contributed by atoms with Gasteiger partial charge in [-0.3, -0.25) is 9.78 Å². The lowest BCUT2D eigenvalue weighted by molar-refractivity contribution is 0.0909. The van der Waals surface area contributed by atoms with Gasteiger partial charge in [0.25, 0.3) is 5.91 Å². The van der Waals surface area contributed by atoms with Crippen LogP contribution in [0.3, 0.4) is 0 Å². The van der Waals surface area contributed by atoms with Gasteiger partial charge in [0.05, 0.1) is 15.8 Å². The number of nitrogens with one attached hydrogen (secondary N) is 1. The summed E-state index contributed by atoms with van der Waals surface area (Å²) in [6, 6.07) is 4.22. The van der Waals surface area contributed by atoms with E-state index in [1.54, 1.807) is 17.5 Å². The monoisotopic (exact) mass is 287 g/mol. The zero-order chi connectivity index (χ0) is 13.5. The first-order valence-electron chi connectivity index (χ1n) is 7.14. The molecular weight excluding hydrogens is 270 g/mol. The van der Waals surface area contributed by atoms with Gasteiger partial charge in [-0.15, -0.1) is 11.3 Å². The van der Waals surface area contributed by atoms with Gasteiger partial charge < -0.3 is 10.2 Å². The molecule has 0 spiro atoms. The van der Waals surface area contributed by atoms with Gasteiger partial charge >= 0.3 is 0 Å². The van der Waals surface area contributed by atoms with E-state index < -0.39 is 0 Å². The zero-order valence-corrected chi connectivity index (χ0v) is 12.0. The van der Waals surface area contributed by atoms with Crippen LogP contribution in [0.4, 0.5) is 0 Å². The molecule has 2 fully saturated rings. The Labute approximate surface area is 121 Å². The number of thiophene rings is 1. The summed E-state index contributed by atoms with van der Waals surface area (Å²) in [5.41, 5.74) is 1.64. The molecule has 2 saturated heterocycles. The Bertz CT molecular complexity index is 641. The number of hydrogen-bond donors (Lipinski definition) is 1. The first-order chi connectivity index (χ1) is 9.78. The fourth-order valence-electron chi connectivity index (χ4n) is 3.40. The fraction of sp³-hybridized carbons (Fsp3) is 0.467. The van der Waals surface area contributed by atoms with Crippen LogP contribution in [0.1, 0.15) is 23.2 Å². The molecule has 2 aromatic rings. The van der Waals surface area contributed by atoms with Crippen molar-refractivity contribution < 1.29 is 4.79 Å². The van der Waals surface area contributed by atoms with Crippen molar-refractivity contribution in [1.29, 1.82) is 0 Å². The number of carbonyl (C=O) groups excluding carboxylic acids is 1. The summed E-state index contributed by atoms with van der Waals surface area (Å²) in [6.45, 7) is 3.41. The van der Waals surface area contributed by atoms with Crippen LogP contribution >= 0.6 is 11.3 Å². The largest absolute Gasteiger partial charge is 0.348 e. The molecule has 0 aromatic carbocycles. The minimum absolute atomic E-state index is 0.0142. The molecule has 4 nitrogen and oxygen atoms in total. The minimum Gasteiger partial charge on any atom is -0.348 e. The van der Waals surface area contributed by atoms with E-state index in [0.717, 1.165) is 29.1 Å². The van der Waals surface area contributed by atoms with Gasteiger partial charge in [-0.25, -0.2) is 0 Å². The number of amides is 1. The Morgan fingerprint density at radius 3 is 3.30 bits per heavy atom. The minimum atomic E-state index is 0.0142. The van der Waals surface area contributed by atoms with E-state index in [-0.39, 0.29) is 5.91 Å². The highest BCUT2D eigenvalue weighted by Gasteiger charge is 2.32. The molecule has 2 aliphatic rings. The number of aromatic nitrogens is 1. The summed E-state index contributed by atoms with van der Waals surface area (Å²) >= 11 is 1.63. The SMILES string of the molecule is O=C(N[C@@H]1C[C@H]2CCN(C2)C1)c1cnc2ccsc2c1. The highest BCUT2D eigenvalue weighted by molar-refractivity contribution is 7.17. The van der Waals surface area contributed by atoms with Crippen LogP contribution in [0, 0.1) is 5.92 Å². The lowest BCUT2D eigenvalue weighted by Crippen LogP contribution is -2.47.